The molecule has 9 nitrogen and oxygen atoms in total. The van der Waals surface area contributed by atoms with Gasteiger partial charge in [0.15, 0.2) is 0 Å². The van der Waals surface area contributed by atoms with Crippen LogP contribution in [0.3, 0.4) is 0 Å². The van der Waals surface area contributed by atoms with Crippen LogP contribution in [0.15, 0.2) is 48.5 Å². The van der Waals surface area contributed by atoms with Gasteiger partial charge in [0, 0.05) is 19.6 Å². The molecule has 35 heavy (non-hydrogen) atoms. The summed E-state index contributed by atoms with van der Waals surface area (Å²) < 4.78 is 10.9. The Bertz CT molecular complexity index is 1010. The lowest BCUT2D eigenvalue weighted by atomic mass is 9.78. The SMILES string of the molecule is COC(=O)c1cccc(O[C@@H]2C[C@@H]3CN(Cc4ccc(CC(=O)O)cc4)C[C@@H]3C[C@H]2O)c1.O=CO. The van der Waals surface area contributed by atoms with Crippen LogP contribution in [-0.2, 0) is 27.3 Å². The zero-order chi connectivity index (χ0) is 25.4. The number of aliphatic carboxylic acids is 1. The Labute approximate surface area is 203 Å². The lowest BCUT2D eigenvalue weighted by Gasteiger charge is -2.35. The molecular formula is C26H31NO8. The van der Waals surface area contributed by atoms with Crippen LogP contribution in [0.5, 0.6) is 5.75 Å². The van der Waals surface area contributed by atoms with E-state index in [2.05, 4.69) is 4.90 Å². The maximum Gasteiger partial charge on any atom is 0.337 e. The van der Waals surface area contributed by atoms with Gasteiger partial charge in [0.25, 0.3) is 6.47 Å². The number of esters is 1. The van der Waals surface area contributed by atoms with Crippen LogP contribution >= 0.6 is 0 Å². The Morgan fingerprint density at radius 1 is 1.06 bits per heavy atom. The third-order valence-electron chi connectivity index (χ3n) is 6.49. The summed E-state index contributed by atoms with van der Waals surface area (Å²) in [5, 5.41) is 26.5. The Hall–Kier alpha value is -3.43. The van der Waals surface area contributed by atoms with Crippen molar-refractivity contribution < 1.29 is 39.2 Å². The molecule has 2 fully saturated rings. The lowest BCUT2D eigenvalue weighted by molar-refractivity contribution is -0.136. The van der Waals surface area contributed by atoms with Gasteiger partial charge in [-0.3, -0.25) is 14.5 Å². The molecule has 188 valence electrons. The minimum Gasteiger partial charge on any atom is -0.488 e. The highest BCUT2D eigenvalue weighted by Crippen LogP contribution is 2.38. The molecule has 1 heterocycles. The van der Waals surface area contributed by atoms with E-state index in [1.54, 1.807) is 24.3 Å². The fraction of sp³-hybridized carbons (Fsp3) is 0.423. The largest absolute Gasteiger partial charge is 0.488 e. The number of likely N-dealkylation sites (tertiary alicyclic amines) is 1. The molecule has 2 aliphatic rings. The van der Waals surface area contributed by atoms with Gasteiger partial charge in [0.1, 0.15) is 11.9 Å². The standard InChI is InChI=1S/C25H29NO6.CH2O2/c1-31-25(30)18-3-2-4-21(10-18)32-23-12-20-15-26(14-19(20)11-22(23)27)13-17-7-5-16(6-8-17)9-24(28)29;2-1-3/h2-8,10,19-20,22-23,27H,9,11-15H2,1H3,(H,28,29);1H,(H,2,3)/t19-,20+,22+,23+;/m0./s1. The van der Waals surface area contributed by atoms with E-state index in [1.807, 2.05) is 24.3 Å². The van der Waals surface area contributed by atoms with E-state index in [9.17, 15) is 14.7 Å². The number of carbonyl (C=O) groups excluding carboxylic acids is 1. The van der Waals surface area contributed by atoms with Gasteiger partial charge < -0.3 is 24.8 Å². The minimum absolute atomic E-state index is 0.0377. The second kappa shape index (κ2) is 12.3. The number of aliphatic hydroxyl groups excluding tert-OH is 1. The van der Waals surface area contributed by atoms with Gasteiger partial charge in [-0.1, -0.05) is 30.3 Å². The van der Waals surface area contributed by atoms with Crippen LogP contribution in [0.4, 0.5) is 0 Å². The maximum absolute atomic E-state index is 11.8. The molecule has 2 aromatic rings. The Balaban J connectivity index is 0.00000108. The third-order valence-corrected chi connectivity index (χ3v) is 6.49. The van der Waals surface area contributed by atoms with Crippen molar-refractivity contribution in [3.05, 3.63) is 65.2 Å². The number of nitrogens with zero attached hydrogens (tertiary/aromatic N) is 1. The highest BCUT2D eigenvalue weighted by Gasteiger charge is 2.42. The summed E-state index contributed by atoms with van der Waals surface area (Å²) in [7, 11) is 1.34. The van der Waals surface area contributed by atoms with Crippen molar-refractivity contribution in [3.63, 3.8) is 0 Å². The number of methoxy groups -OCH3 is 1. The average Bonchev–Trinajstić information content (AvgIpc) is 3.21. The summed E-state index contributed by atoms with van der Waals surface area (Å²) in [4.78, 5) is 33.4. The predicted molar refractivity (Wildman–Crippen MR) is 126 cm³/mol. The van der Waals surface area contributed by atoms with Gasteiger partial charge in [0.2, 0.25) is 0 Å². The fourth-order valence-corrected chi connectivity index (χ4v) is 4.93. The van der Waals surface area contributed by atoms with E-state index in [4.69, 9.17) is 24.5 Å². The van der Waals surface area contributed by atoms with Crippen molar-refractivity contribution in [1.29, 1.82) is 0 Å². The zero-order valence-electron chi connectivity index (χ0n) is 19.6. The molecule has 2 aromatic carbocycles. The summed E-state index contributed by atoms with van der Waals surface area (Å²) in [6.45, 7) is 2.43. The van der Waals surface area contributed by atoms with E-state index in [0.717, 1.165) is 37.2 Å². The summed E-state index contributed by atoms with van der Waals surface area (Å²) >= 11 is 0. The van der Waals surface area contributed by atoms with Crippen molar-refractivity contribution in [2.45, 2.75) is 38.0 Å². The van der Waals surface area contributed by atoms with Gasteiger partial charge in [-0.25, -0.2) is 4.79 Å². The number of carboxylic acids is 1. The highest BCUT2D eigenvalue weighted by molar-refractivity contribution is 5.89. The van der Waals surface area contributed by atoms with Crippen LogP contribution in [0, 0.1) is 11.8 Å². The molecule has 1 saturated heterocycles. The topological polar surface area (TPSA) is 134 Å². The fourth-order valence-electron chi connectivity index (χ4n) is 4.93. The summed E-state index contributed by atoms with van der Waals surface area (Å²) in [5.74, 6) is 0.193. The van der Waals surface area contributed by atoms with Crippen molar-refractivity contribution in [1.82, 2.24) is 4.90 Å². The molecule has 0 aromatic heterocycles. The Morgan fingerprint density at radius 3 is 2.31 bits per heavy atom. The molecule has 0 radical (unpaired) electrons. The molecular weight excluding hydrogens is 454 g/mol. The van der Waals surface area contributed by atoms with Gasteiger partial charge in [-0.05, 0) is 54.0 Å². The third kappa shape index (κ3) is 7.27. The number of fused-ring (bicyclic) bond motifs is 1. The van der Waals surface area contributed by atoms with Gasteiger partial charge in [-0.15, -0.1) is 0 Å². The predicted octanol–water partition coefficient (Wildman–Crippen LogP) is 2.45. The molecule has 4 rings (SSSR count). The molecule has 1 aliphatic heterocycles. The number of benzene rings is 2. The first kappa shape index (κ1) is 26.2. The van der Waals surface area contributed by atoms with E-state index in [-0.39, 0.29) is 19.0 Å². The normalized spacial score (nSPS) is 23.4. The molecule has 1 aliphatic carbocycles. The molecule has 3 N–H and O–H groups in total. The molecule has 0 bridgehead atoms. The highest BCUT2D eigenvalue weighted by atomic mass is 16.5. The van der Waals surface area contributed by atoms with E-state index in [1.165, 1.54) is 7.11 Å². The van der Waals surface area contributed by atoms with Gasteiger partial charge in [0.05, 0.1) is 25.2 Å². The van der Waals surface area contributed by atoms with Crippen molar-refractivity contribution in [3.8, 4) is 5.75 Å². The molecule has 9 heteroatoms. The van der Waals surface area contributed by atoms with Crippen molar-refractivity contribution in [2.75, 3.05) is 20.2 Å². The number of carbonyl (C=O) groups is 3. The Morgan fingerprint density at radius 2 is 1.69 bits per heavy atom. The first-order valence-electron chi connectivity index (χ1n) is 11.5. The van der Waals surface area contributed by atoms with Crippen molar-refractivity contribution >= 4 is 18.4 Å². The second-order valence-electron chi connectivity index (χ2n) is 8.92. The second-order valence-corrected chi connectivity index (χ2v) is 8.92. The summed E-state index contributed by atoms with van der Waals surface area (Å²) in [5.41, 5.74) is 2.39. The first-order chi connectivity index (χ1) is 16.8. The molecule has 1 saturated carbocycles. The number of hydrogen-bond donors (Lipinski definition) is 3. The molecule has 0 spiro atoms. The number of ether oxygens (including phenoxy) is 2. The minimum atomic E-state index is -0.825. The lowest BCUT2D eigenvalue weighted by Crippen LogP contribution is -2.42. The van der Waals surface area contributed by atoms with Crippen LogP contribution < -0.4 is 4.74 Å². The van der Waals surface area contributed by atoms with Gasteiger partial charge >= 0.3 is 11.9 Å². The smallest absolute Gasteiger partial charge is 0.337 e. The number of carboxylic acid groups (broad SMARTS) is 2. The maximum atomic E-state index is 11.8. The van der Waals surface area contributed by atoms with Crippen LogP contribution in [-0.4, -0.2) is 71.0 Å². The quantitative estimate of drug-likeness (QED) is 0.399. The molecule has 0 amide bonds. The van der Waals surface area contributed by atoms with Crippen LogP contribution in [0.1, 0.15) is 34.3 Å². The Kier molecular flexibility index (Phi) is 9.22. The van der Waals surface area contributed by atoms with Crippen molar-refractivity contribution in [2.24, 2.45) is 11.8 Å². The summed E-state index contributed by atoms with van der Waals surface area (Å²) in [6.07, 6.45) is 0.644. The van der Waals surface area contributed by atoms with Crippen LogP contribution in [0.2, 0.25) is 0 Å². The summed E-state index contributed by atoms with van der Waals surface area (Å²) in [6, 6.07) is 14.6. The number of hydrogen-bond acceptors (Lipinski definition) is 7. The van der Waals surface area contributed by atoms with Crippen LogP contribution in [0.25, 0.3) is 0 Å². The zero-order valence-corrected chi connectivity index (χ0v) is 19.6. The van der Waals surface area contributed by atoms with E-state index >= 15 is 0 Å². The van der Waals surface area contributed by atoms with E-state index in [0.29, 0.717) is 29.6 Å². The monoisotopic (exact) mass is 485 g/mol. The molecule has 4 atom stereocenters. The molecule has 0 unspecified atom stereocenters. The van der Waals surface area contributed by atoms with Gasteiger partial charge in [-0.2, -0.15) is 0 Å². The average molecular weight is 486 g/mol. The first-order valence-corrected chi connectivity index (χ1v) is 11.5. The van der Waals surface area contributed by atoms with E-state index < -0.39 is 18.0 Å². The number of rotatable bonds is 7. The number of aliphatic hydroxyl groups is 1.